The van der Waals surface area contributed by atoms with Gasteiger partial charge in [0.05, 0.1) is 19.6 Å². The minimum atomic E-state index is -0.739. The lowest BCUT2D eigenvalue weighted by Gasteiger charge is -2.37. The van der Waals surface area contributed by atoms with E-state index in [-0.39, 0.29) is 11.8 Å². The Morgan fingerprint density at radius 2 is 1.60 bits per heavy atom. The van der Waals surface area contributed by atoms with Gasteiger partial charge in [0.1, 0.15) is 11.5 Å². The number of hydrogen-bond acceptors (Lipinski definition) is 5. The van der Waals surface area contributed by atoms with Crippen LogP contribution in [0.15, 0.2) is 42.5 Å². The molecule has 160 valence electrons. The van der Waals surface area contributed by atoms with Gasteiger partial charge in [-0.3, -0.25) is 14.5 Å². The van der Waals surface area contributed by atoms with Gasteiger partial charge in [-0.25, -0.2) is 0 Å². The summed E-state index contributed by atoms with van der Waals surface area (Å²) in [6.07, 6.45) is 1.61. The van der Waals surface area contributed by atoms with Crippen LogP contribution in [0.4, 0.5) is 0 Å². The fourth-order valence-corrected chi connectivity index (χ4v) is 3.78. The van der Waals surface area contributed by atoms with Gasteiger partial charge < -0.3 is 14.8 Å². The molecule has 6 heteroatoms. The molecule has 0 radical (unpaired) electrons. The average Bonchev–Trinajstić information content (AvgIpc) is 2.77. The van der Waals surface area contributed by atoms with Crippen LogP contribution in [0.5, 0.6) is 11.5 Å². The Hall–Kier alpha value is -2.86. The van der Waals surface area contributed by atoms with Gasteiger partial charge in [-0.05, 0) is 75.2 Å². The van der Waals surface area contributed by atoms with Gasteiger partial charge in [-0.15, -0.1) is 0 Å². The Morgan fingerprint density at radius 1 is 0.933 bits per heavy atom. The highest BCUT2D eigenvalue weighted by molar-refractivity contribution is 6.13. The van der Waals surface area contributed by atoms with Crippen molar-refractivity contribution in [1.82, 2.24) is 10.2 Å². The normalized spacial score (nSPS) is 15.1. The van der Waals surface area contributed by atoms with E-state index in [0.717, 1.165) is 30.8 Å². The monoisotopic (exact) mass is 410 g/mol. The van der Waals surface area contributed by atoms with Crippen molar-refractivity contribution >= 4 is 11.8 Å². The van der Waals surface area contributed by atoms with Gasteiger partial charge in [0, 0.05) is 12.1 Å². The molecule has 1 aliphatic rings. The van der Waals surface area contributed by atoms with Crippen molar-refractivity contribution in [2.24, 2.45) is 0 Å². The van der Waals surface area contributed by atoms with Crippen molar-refractivity contribution in [1.29, 1.82) is 0 Å². The third-order valence-corrected chi connectivity index (χ3v) is 5.64. The number of fused-ring (bicyclic) bond motifs is 1. The topological polar surface area (TPSA) is 67.9 Å². The summed E-state index contributed by atoms with van der Waals surface area (Å²) in [4.78, 5) is 27.3. The van der Waals surface area contributed by atoms with E-state index in [2.05, 4.69) is 17.4 Å². The molecule has 0 unspecified atom stereocenters. The molecule has 2 aromatic carbocycles. The Morgan fingerprint density at radius 3 is 2.27 bits per heavy atom. The Kier molecular flexibility index (Phi) is 6.77. The number of ether oxygens (including phenoxy) is 2. The van der Waals surface area contributed by atoms with Gasteiger partial charge in [0.15, 0.2) is 0 Å². The molecule has 0 saturated heterocycles. The molecule has 30 heavy (non-hydrogen) atoms. The van der Waals surface area contributed by atoms with Crippen molar-refractivity contribution in [2.75, 3.05) is 33.9 Å². The molecular weight excluding hydrogens is 380 g/mol. The van der Waals surface area contributed by atoms with Crippen molar-refractivity contribution in [3.8, 4) is 11.5 Å². The van der Waals surface area contributed by atoms with Crippen LogP contribution in [-0.4, -0.2) is 50.6 Å². The molecule has 3 rings (SSSR count). The van der Waals surface area contributed by atoms with E-state index >= 15 is 0 Å². The van der Waals surface area contributed by atoms with E-state index < -0.39 is 5.41 Å². The number of hydrogen-bond donors (Lipinski definition) is 1. The minimum absolute atomic E-state index is 0.150. The Balaban J connectivity index is 1.53. The fraction of sp³-hybridized carbons (Fsp3) is 0.417. The maximum absolute atomic E-state index is 13.0. The molecule has 2 aromatic rings. The summed E-state index contributed by atoms with van der Waals surface area (Å²) in [6.45, 7) is 5.70. The average molecular weight is 411 g/mol. The SMILES string of the molecule is COc1ccc(CCNCCCN2C(=O)c3cc(OC)ccc3C(C)(C)C2=O)cc1. The summed E-state index contributed by atoms with van der Waals surface area (Å²) < 4.78 is 10.4. The summed E-state index contributed by atoms with van der Waals surface area (Å²) in [5, 5.41) is 3.39. The maximum Gasteiger partial charge on any atom is 0.260 e. The maximum atomic E-state index is 13.0. The van der Waals surface area contributed by atoms with Gasteiger partial charge in [-0.1, -0.05) is 18.2 Å². The van der Waals surface area contributed by atoms with E-state index in [1.54, 1.807) is 26.4 Å². The molecule has 1 aliphatic heterocycles. The lowest BCUT2D eigenvalue weighted by Crippen LogP contribution is -2.52. The molecule has 2 amide bonds. The van der Waals surface area contributed by atoms with E-state index in [9.17, 15) is 9.59 Å². The second-order valence-electron chi connectivity index (χ2n) is 8.00. The Labute approximate surface area is 178 Å². The summed E-state index contributed by atoms with van der Waals surface area (Å²) in [5.74, 6) is 1.08. The van der Waals surface area contributed by atoms with Gasteiger partial charge in [0.2, 0.25) is 5.91 Å². The number of nitrogens with one attached hydrogen (secondary N) is 1. The van der Waals surface area contributed by atoms with Crippen LogP contribution in [0.3, 0.4) is 0 Å². The molecule has 0 fully saturated rings. The van der Waals surface area contributed by atoms with Crippen LogP contribution >= 0.6 is 0 Å². The molecule has 0 atom stereocenters. The minimum Gasteiger partial charge on any atom is -0.497 e. The molecule has 1 heterocycles. The number of methoxy groups -OCH3 is 2. The zero-order chi connectivity index (χ0) is 21.7. The zero-order valence-corrected chi connectivity index (χ0v) is 18.2. The molecule has 6 nitrogen and oxygen atoms in total. The van der Waals surface area contributed by atoms with Crippen molar-refractivity contribution in [2.45, 2.75) is 32.1 Å². The molecule has 0 aliphatic carbocycles. The molecule has 0 saturated carbocycles. The van der Waals surface area contributed by atoms with Gasteiger partial charge in [-0.2, -0.15) is 0 Å². The number of benzene rings is 2. The largest absolute Gasteiger partial charge is 0.497 e. The molecular formula is C24H30N2O4. The number of imide groups is 1. The third kappa shape index (κ3) is 4.49. The highest BCUT2D eigenvalue weighted by Crippen LogP contribution is 2.36. The van der Waals surface area contributed by atoms with Crippen LogP contribution in [0.25, 0.3) is 0 Å². The molecule has 0 bridgehead atoms. The van der Waals surface area contributed by atoms with Gasteiger partial charge >= 0.3 is 0 Å². The highest BCUT2D eigenvalue weighted by Gasteiger charge is 2.44. The predicted molar refractivity (Wildman–Crippen MR) is 116 cm³/mol. The first kappa shape index (κ1) is 21.8. The lowest BCUT2D eigenvalue weighted by molar-refractivity contribution is -0.134. The quantitative estimate of drug-likeness (QED) is 0.508. The molecule has 0 aromatic heterocycles. The predicted octanol–water partition coefficient (Wildman–Crippen LogP) is 3.19. The fourth-order valence-electron chi connectivity index (χ4n) is 3.78. The summed E-state index contributed by atoms with van der Waals surface area (Å²) >= 11 is 0. The summed E-state index contributed by atoms with van der Waals surface area (Å²) in [7, 11) is 3.23. The first-order valence-electron chi connectivity index (χ1n) is 10.3. The third-order valence-electron chi connectivity index (χ3n) is 5.64. The number of carbonyl (C=O) groups excluding carboxylic acids is 2. The summed E-state index contributed by atoms with van der Waals surface area (Å²) in [5.41, 5.74) is 1.80. The van der Waals surface area contributed by atoms with Crippen LogP contribution in [-0.2, 0) is 16.6 Å². The lowest BCUT2D eigenvalue weighted by atomic mass is 9.77. The first-order valence-corrected chi connectivity index (χ1v) is 10.3. The number of amides is 2. The van der Waals surface area contributed by atoms with Gasteiger partial charge in [0.25, 0.3) is 5.91 Å². The number of rotatable bonds is 9. The van der Waals surface area contributed by atoms with Crippen molar-refractivity contribution in [3.05, 3.63) is 59.2 Å². The van der Waals surface area contributed by atoms with Crippen LogP contribution in [0.1, 0.15) is 41.8 Å². The van der Waals surface area contributed by atoms with Crippen LogP contribution in [0.2, 0.25) is 0 Å². The van der Waals surface area contributed by atoms with E-state index in [1.165, 1.54) is 10.5 Å². The smallest absolute Gasteiger partial charge is 0.260 e. The van der Waals surface area contributed by atoms with Crippen LogP contribution in [0, 0.1) is 0 Å². The molecule has 1 N–H and O–H groups in total. The van der Waals surface area contributed by atoms with Crippen molar-refractivity contribution in [3.63, 3.8) is 0 Å². The van der Waals surface area contributed by atoms with E-state index in [4.69, 9.17) is 9.47 Å². The van der Waals surface area contributed by atoms with Crippen LogP contribution < -0.4 is 14.8 Å². The second kappa shape index (κ2) is 9.30. The van der Waals surface area contributed by atoms with E-state index in [0.29, 0.717) is 24.3 Å². The molecule has 0 spiro atoms. The first-order chi connectivity index (χ1) is 14.4. The standard InChI is InChI=1S/C24H30N2O4/c1-24(2)21-11-10-19(30-4)16-20(21)22(27)26(23(24)28)15-5-13-25-14-12-17-6-8-18(29-3)9-7-17/h6-11,16,25H,5,12-15H2,1-4H3. The summed E-state index contributed by atoms with van der Waals surface area (Å²) in [6, 6.07) is 13.4. The Bertz CT molecular complexity index is 906. The zero-order valence-electron chi connectivity index (χ0n) is 18.2. The second-order valence-corrected chi connectivity index (χ2v) is 8.00. The number of carbonyl (C=O) groups is 2. The highest BCUT2D eigenvalue weighted by atomic mass is 16.5. The number of nitrogens with zero attached hydrogens (tertiary/aromatic N) is 1. The van der Waals surface area contributed by atoms with E-state index in [1.807, 2.05) is 32.0 Å². The van der Waals surface area contributed by atoms with Crippen molar-refractivity contribution < 1.29 is 19.1 Å².